The second-order valence-electron chi connectivity index (χ2n) is 26.3. The van der Waals surface area contributed by atoms with Crippen molar-refractivity contribution >= 4 is 117 Å². The molecule has 2 aliphatic carbocycles. The van der Waals surface area contributed by atoms with E-state index in [0.29, 0.717) is 0 Å². The van der Waals surface area contributed by atoms with Gasteiger partial charge in [-0.3, -0.25) is 0 Å². The summed E-state index contributed by atoms with van der Waals surface area (Å²) in [7, 11) is 0. The minimum Gasteiger partial charge on any atom is -0.468 e. The lowest BCUT2D eigenvalue weighted by molar-refractivity contribution is 0.332. The van der Waals surface area contributed by atoms with Crippen molar-refractivity contribution in [2.45, 2.75) is 129 Å². The molecule has 0 fully saturated rings. The predicted molar refractivity (Wildman–Crippen MR) is 327 cm³/mol. The quantitative estimate of drug-likeness (QED) is 0.160. The third kappa shape index (κ3) is 7.01. The van der Waals surface area contributed by atoms with Crippen molar-refractivity contribution < 1.29 is 4.42 Å². The molecule has 0 unspecified atom stereocenters. The Hall–Kier alpha value is -7.02. The molecule has 0 bridgehead atoms. The van der Waals surface area contributed by atoms with Crippen LogP contribution in [0.15, 0.2) is 168 Å². The largest absolute Gasteiger partial charge is 0.468 e. The first kappa shape index (κ1) is 47.4. The highest BCUT2D eigenvalue weighted by Crippen LogP contribution is 2.56. The molecule has 0 amide bonds. The second-order valence-corrected chi connectivity index (χ2v) is 27.3. The lowest BCUT2D eigenvalue weighted by atomic mass is 9.35. The molecule has 10 aromatic rings. The number of thiophene rings is 1. The maximum absolute atomic E-state index is 7.83. The van der Waals surface area contributed by atoms with Crippen LogP contribution in [0.3, 0.4) is 0 Å². The molecular weight excluding hydrogens is 942 g/mol. The molecule has 76 heavy (non-hydrogen) atoms. The fourth-order valence-corrected chi connectivity index (χ4v) is 15.1. The van der Waals surface area contributed by atoms with E-state index < -0.39 is 0 Å². The molecule has 4 nitrogen and oxygen atoms in total. The van der Waals surface area contributed by atoms with Crippen LogP contribution in [0, 0.1) is 0 Å². The van der Waals surface area contributed by atoms with E-state index in [1.807, 2.05) is 11.3 Å². The monoisotopic (exact) mass is 1010 g/mol. The standard InChI is InChI=1S/C70H68BN3OS/c1-66(2,3)43-29-31-46(32-30-43)73-57-41-53-52(68(6,7)34-35-69(53,8)9)40-55(57)71-62-58(73)37-47(72(44-21-14-12-15-22-44)45-23-16-13-17-24-45)38-59(62)74(56-27-20-26-49-48-25-18-19-28-61(48)76-64(49)56)63-50-39-51-54(42-60(50)75-65(63)71)70(10,11)36-33-67(51,4)5/h12-32,37-42H,33-36H2,1-11H3. The minimum atomic E-state index is -0.203. The van der Waals surface area contributed by atoms with Gasteiger partial charge in [0, 0.05) is 55.0 Å². The number of para-hydroxylation sites is 2. The van der Waals surface area contributed by atoms with E-state index >= 15 is 0 Å². The molecule has 14 rings (SSSR count). The van der Waals surface area contributed by atoms with Crippen LogP contribution < -0.4 is 31.3 Å². The van der Waals surface area contributed by atoms with Crippen molar-refractivity contribution in [1.29, 1.82) is 0 Å². The lowest BCUT2D eigenvalue weighted by Crippen LogP contribution is -2.61. The van der Waals surface area contributed by atoms with E-state index in [4.69, 9.17) is 4.42 Å². The van der Waals surface area contributed by atoms with Crippen molar-refractivity contribution in [1.82, 2.24) is 0 Å². The Labute approximate surface area is 454 Å². The van der Waals surface area contributed by atoms with Gasteiger partial charge < -0.3 is 19.1 Å². The lowest BCUT2D eigenvalue weighted by Gasteiger charge is -2.47. The molecule has 0 N–H and O–H groups in total. The number of rotatable bonds is 5. The molecule has 0 spiro atoms. The van der Waals surface area contributed by atoms with Gasteiger partial charge in [0.25, 0.3) is 6.71 Å². The van der Waals surface area contributed by atoms with E-state index in [9.17, 15) is 0 Å². The number of hydrogen-bond acceptors (Lipinski definition) is 5. The Balaban J connectivity index is 1.17. The van der Waals surface area contributed by atoms with Gasteiger partial charge in [-0.15, -0.1) is 11.3 Å². The fourth-order valence-electron chi connectivity index (χ4n) is 13.9. The first-order valence-corrected chi connectivity index (χ1v) is 28.6. The molecule has 0 atom stereocenters. The molecule has 4 heterocycles. The predicted octanol–water partition coefficient (Wildman–Crippen LogP) is 18.3. The number of furan rings is 1. The highest BCUT2D eigenvalue weighted by atomic mass is 32.1. The van der Waals surface area contributed by atoms with Crippen LogP contribution >= 0.6 is 11.3 Å². The van der Waals surface area contributed by atoms with Gasteiger partial charge in [-0.05, 0) is 170 Å². The fraction of sp³-hybridized carbons (Fsp3) is 0.286. The highest BCUT2D eigenvalue weighted by molar-refractivity contribution is 7.26. The molecular formula is C70H68BN3OS. The SMILES string of the molecule is CC(C)(C)c1ccc(N2c3cc4c(cc3B3c5oc6cc7c(cc6c5N(c5cccc6c5sc5ccccc56)c5cc(N(c6ccccc6)c6ccccc6)cc2c53)C(C)(C)CCC7(C)C)C(C)(C)CCC4(C)C)cc1. The Bertz CT molecular complexity index is 3960. The Morgan fingerprint density at radius 2 is 1.03 bits per heavy atom. The molecule has 0 saturated carbocycles. The highest BCUT2D eigenvalue weighted by Gasteiger charge is 2.50. The van der Waals surface area contributed by atoms with Crippen LogP contribution in [0.25, 0.3) is 31.1 Å². The third-order valence-electron chi connectivity index (χ3n) is 18.5. The average Bonchev–Trinajstić information content (AvgIpc) is 4.02. The zero-order chi connectivity index (χ0) is 52.4. The topological polar surface area (TPSA) is 22.9 Å². The van der Waals surface area contributed by atoms with Crippen molar-refractivity contribution in [3.63, 3.8) is 0 Å². The van der Waals surface area contributed by atoms with Gasteiger partial charge >= 0.3 is 0 Å². The molecule has 0 saturated heterocycles. The van der Waals surface area contributed by atoms with Crippen molar-refractivity contribution in [3.8, 4) is 0 Å². The number of benzene rings is 8. The minimum absolute atomic E-state index is 0.00147. The van der Waals surface area contributed by atoms with E-state index in [1.54, 1.807) is 0 Å². The molecule has 8 aromatic carbocycles. The van der Waals surface area contributed by atoms with E-state index in [-0.39, 0.29) is 33.8 Å². The summed E-state index contributed by atoms with van der Waals surface area (Å²) >= 11 is 1.90. The molecule has 4 aliphatic rings. The van der Waals surface area contributed by atoms with Gasteiger partial charge in [-0.1, -0.05) is 161 Å². The number of nitrogens with zero attached hydrogens (tertiary/aromatic N) is 3. The van der Waals surface area contributed by atoms with Crippen molar-refractivity contribution in [2.24, 2.45) is 0 Å². The van der Waals surface area contributed by atoms with Gasteiger partial charge in [0.1, 0.15) is 5.58 Å². The Kier molecular flexibility index (Phi) is 10.1. The number of anilines is 9. The summed E-state index contributed by atoms with van der Waals surface area (Å²) in [6.45, 7) is 26.4. The zero-order valence-corrected chi connectivity index (χ0v) is 47.0. The van der Waals surface area contributed by atoms with Crippen LogP contribution in [-0.2, 0) is 27.1 Å². The maximum atomic E-state index is 7.83. The van der Waals surface area contributed by atoms with E-state index in [0.717, 1.165) is 65.4 Å². The van der Waals surface area contributed by atoms with Crippen LogP contribution in [0.1, 0.15) is 130 Å². The van der Waals surface area contributed by atoms with Gasteiger partial charge in [-0.25, -0.2) is 0 Å². The van der Waals surface area contributed by atoms with Crippen LogP contribution in [0.2, 0.25) is 0 Å². The molecule has 0 radical (unpaired) electrons. The summed E-state index contributed by atoms with van der Waals surface area (Å²) in [5, 5.41) is 3.75. The summed E-state index contributed by atoms with van der Waals surface area (Å²) in [4.78, 5) is 7.74. The smallest absolute Gasteiger partial charge is 0.297 e. The summed E-state index contributed by atoms with van der Waals surface area (Å²) in [5.41, 5.74) is 22.0. The second kappa shape index (κ2) is 16.3. The molecule has 2 aromatic heterocycles. The Morgan fingerprint density at radius 1 is 0.487 bits per heavy atom. The van der Waals surface area contributed by atoms with Crippen LogP contribution in [0.4, 0.5) is 51.2 Å². The first-order chi connectivity index (χ1) is 36.3. The summed E-state index contributed by atoms with van der Waals surface area (Å²) in [5.74, 6) is 0. The maximum Gasteiger partial charge on any atom is 0.297 e. The van der Waals surface area contributed by atoms with Crippen molar-refractivity contribution in [3.05, 3.63) is 192 Å². The molecule has 378 valence electrons. The van der Waals surface area contributed by atoms with Gasteiger partial charge in [0.05, 0.1) is 27.4 Å². The van der Waals surface area contributed by atoms with E-state index in [2.05, 4.69) is 255 Å². The van der Waals surface area contributed by atoms with Crippen LogP contribution in [0.5, 0.6) is 0 Å². The van der Waals surface area contributed by atoms with Crippen molar-refractivity contribution in [2.75, 3.05) is 14.7 Å². The zero-order valence-electron chi connectivity index (χ0n) is 46.2. The average molecular weight is 1010 g/mol. The number of fused-ring (bicyclic) bond motifs is 11. The summed E-state index contributed by atoms with van der Waals surface area (Å²) in [6.07, 6.45) is 4.53. The van der Waals surface area contributed by atoms with Crippen LogP contribution in [-0.4, -0.2) is 6.71 Å². The number of hydrogen-bond donors (Lipinski definition) is 0. The Morgan fingerprint density at radius 3 is 1.64 bits per heavy atom. The summed E-state index contributed by atoms with van der Waals surface area (Å²) < 4.78 is 10.4. The molecule has 2 aliphatic heterocycles. The van der Waals surface area contributed by atoms with Gasteiger partial charge in [0.15, 0.2) is 0 Å². The normalized spacial score (nSPS) is 17.5. The first-order valence-electron chi connectivity index (χ1n) is 27.8. The van der Waals surface area contributed by atoms with E-state index in [1.165, 1.54) is 87.1 Å². The van der Waals surface area contributed by atoms with Gasteiger partial charge in [-0.2, -0.15) is 0 Å². The summed E-state index contributed by atoms with van der Waals surface area (Å²) in [6, 6.07) is 62.6. The molecule has 6 heteroatoms. The van der Waals surface area contributed by atoms with Gasteiger partial charge in [0.2, 0.25) is 0 Å². The third-order valence-corrected chi connectivity index (χ3v) is 19.7.